The van der Waals surface area contributed by atoms with Gasteiger partial charge in [-0.2, -0.15) is 0 Å². The van der Waals surface area contributed by atoms with Gasteiger partial charge in [0.15, 0.2) is 0 Å². The fourth-order valence-electron chi connectivity index (χ4n) is 2.59. The molecule has 0 atom stereocenters. The van der Waals surface area contributed by atoms with E-state index in [9.17, 15) is 22.0 Å². The van der Waals surface area contributed by atoms with Crippen LogP contribution in [0, 0.1) is 0 Å². The predicted octanol–water partition coefficient (Wildman–Crippen LogP) is -2.60. The van der Waals surface area contributed by atoms with Gasteiger partial charge in [0.1, 0.15) is 0 Å². The maximum Gasteiger partial charge on any atom is 1.00 e. The summed E-state index contributed by atoms with van der Waals surface area (Å²) in [5.41, 5.74) is -1.07. The van der Waals surface area contributed by atoms with Crippen LogP contribution in [-0.4, -0.2) is 41.2 Å². The Morgan fingerprint density at radius 2 is 1.73 bits per heavy atom. The standard InChI is InChI=1S/C14H12F5N6S.2ClH.Li.Zn/c1-4-26-12-9(20-6-24(12)2)11-21-7-5-8(13(15,16)14(17,18)19)22-23-10(7)25(11)3;;;;/h5H,4H2,1-3H3;2*1H;;/q;;;2*+1/p-2. The fourth-order valence-corrected chi connectivity index (χ4v) is 6.09. The van der Waals surface area contributed by atoms with Crippen molar-refractivity contribution in [3.8, 4) is 11.5 Å². The van der Waals surface area contributed by atoms with Crippen LogP contribution in [0.25, 0.3) is 22.7 Å². The van der Waals surface area contributed by atoms with Crippen molar-refractivity contribution in [3.05, 3.63) is 11.8 Å². The number of aryl methyl sites for hydroxylation is 1. The third-order valence-corrected chi connectivity index (χ3v) is 8.14. The zero-order chi connectivity index (χ0) is 20.9. The summed E-state index contributed by atoms with van der Waals surface area (Å²) in [6.45, 7) is 1.95. The molecule has 3 heterocycles. The van der Waals surface area contributed by atoms with Crippen LogP contribution in [0.4, 0.5) is 22.0 Å². The topological polar surface area (TPSA) is 61.4 Å². The second-order valence-corrected chi connectivity index (χ2v) is 10.3. The van der Waals surface area contributed by atoms with E-state index in [2.05, 4.69) is 20.2 Å². The van der Waals surface area contributed by atoms with E-state index in [0.29, 0.717) is 17.6 Å². The molecule has 6 nitrogen and oxygen atoms in total. The van der Waals surface area contributed by atoms with Gasteiger partial charge >= 0.3 is 190 Å². The Hall–Kier alpha value is -0.439. The monoisotopic (exact) mass is 532 g/mol. The first kappa shape index (κ1) is 27.6. The second-order valence-electron chi connectivity index (χ2n) is 5.81. The molecule has 3 aromatic rings. The minimum Gasteiger partial charge on any atom is -1.00 e. The van der Waals surface area contributed by atoms with Crippen molar-refractivity contribution in [3.63, 3.8) is 0 Å². The molecule has 30 heavy (non-hydrogen) atoms. The van der Waals surface area contributed by atoms with Gasteiger partial charge in [0.05, 0.1) is 0 Å². The maximum atomic E-state index is 13.6. The van der Waals surface area contributed by atoms with Crippen molar-refractivity contribution in [2.24, 2.45) is 14.1 Å². The van der Waals surface area contributed by atoms with Gasteiger partial charge in [-0.05, 0) is 0 Å². The molecule has 156 valence electrons. The average Bonchev–Trinajstić information content (AvgIpc) is 3.11. The molecule has 0 aliphatic carbocycles. The number of rotatable bonds is 5. The number of hydrogen-bond acceptors (Lipinski definition) is 5. The van der Waals surface area contributed by atoms with Crippen molar-refractivity contribution < 1.29 is 69.4 Å². The van der Waals surface area contributed by atoms with Crippen LogP contribution in [0.3, 0.4) is 0 Å². The molecule has 0 aromatic carbocycles. The number of halogens is 7. The summed E-state index contributed by atoms with van der Waals surface area (Å²) in [6.07, 6.45) is -5.78. The van der Waals surface area contributed by atoms with E-state index in [1.165, 1.54) is 16.3 Å². The zero-order valence-corrected chi connectivity index (χ0v) is 21.5. The van der Waals surface area contributed by atoms with Crippen molar-refractivity contribution in [2.45, 2.75) is 24.0 Å². The Kier molecular flexibility index (Phi) is 9.20. The van der Waals surface area contributed by atoms with Gasteiger partial charge in [-0.15, -0.1) is 0 Å². The first-order chi connectivity index (χ1) is 13.0. The molecule has 0 saturated carbocycles. The molecule has 0 spiro atoms. The van der Waals surface area contributed by atoms with Crippen LogP contribution < -0.4 is 35.7 Å². The van der Waals surface area contributed by atoms with Gasteiger partial charge in [0, 0.05) is 0 Å². The van der Waals surface area contributed by atoms with Crippen molar-refractivity contribution in [2.75, 3.05) is 5.75 Å². The van der Waals surface area contributed by atoms with Gasteiger partial charge in [-0.3, -0.25) is 0 Å². The van der Waals surface area contributed by atoms with Crippen LogP contribution in [0.1, 0.15) is 12.6 Å². The van der Waals surface area contributed by atoms with Gasteiger partial charge in [-0.1, -0.05) is 0 Å². The molecule has 0 aliphatic rings. The molecule has 0 aliphatic heterocycles. The smallest absolute Gasteiger partial charge is 1.00 e. The first-order valence-electron chi connectivity index (χ1n) is 7.92. The number of hydrogen-bond donors (Lipinski definition) is 0. The number of imidazole rings is 2. The second kappa shape index (κ2) is 10.0. The summed E-state index contributed by atoms with van der Waals surface area (Å²) in [4.78, 5) is 8.74. The van der Waals surface area contributed by atoms with Crippen LogP contribution in [0.5, 0.6) is 0 Å². The van der Waals surface area contributed by atoms with Crippen molar-refractivity contribution in [1.82, 2.24) is 29.3 Å². The molecule has 3 rings (SSSR count). The van der Waals surface area contributed by atoms with Crippen LogP contribution in [0.2, 0.25) is 0 Å². The first-order valence-corrected chi connectivity index (χ1v) is 14.3. The molecule has 0 saturated heterocycles. The van der Waals surface area contributed by atoms with Gasteiger partial charge < -0.3 is 12.4 Å². The van der Waals surface area contributed by atoms with E-state index in [1.807, 2.05) is 18.5 Å². The predicted molar refractivity (Wildman–Crippen MR) is 90.3 cm³/mol. The van der Waals surface area contributed by atoms with Gasteiger partial charge in [-0.25, -0.2) is 0 Å². The zero-order valence-electron chi connectivity index (χ0n) is 16.2. The molecule has 0 unspecified atom stereocenters. The average molecular weight is 535 g/mol. The van der Waals surface area contributed by atoms with Gasteiger partial charge in [0.25, 0.3) is 0 Å². The summed E-state index contributed by atoms with van der Waals surface area (Å²) >= 11 is -0.0587. The van der Waals surface area contributed by atoms with Crippen molar-refractivity contribution >= 4 is 37.0 Å². The summed E-state index contributed by atoms with van der Waals surface area (Å²) < 4.78 is 69.2. The Morgan fingerprint density at radius 3 is 2.27 bits per heavy atom. The molecule has 0 bridgehead atoms. The third kappa shape index (κ3) is 4.66. The van der Waals surface area contributed by atoms with E-state index in [1.54, 1.807) is 7.05 Å². The maximum absolute atomic E-state index is 13.6. The Bertz CT molecular complexity index is 1040. The molecule has 16 heteroatoms. The minimum atomic E-state index is -5.78. The summed E-state index contributed by atoms with van der Waals surface area (Å²) in [6, 6.07) is 0.606. The molecule has 0 N–H and O–H groups in total. The quantitative estimate of drug-likeness (QED) is 0.204. The van der Waals surface area contributed by atoms with E-state index in [4.69, 9.17) is 9.69 Å². The molecule has 0 fully saturated rings. The van der Waals surface area contributed by atoms with Crippen LogP contribution in [-0.2, 0) is 36.2 Å². The molecular formula is C14H12Cl2F5LiN6SZn. The normalized spacial score (nSPS) is 11.8. The summed E-state index contributed by atoms with van der Waals surface area (Å²) in [7, 11) is 9.48. The molecule has 3 aromatic heterocycles. The van der Waals surface area contributed by atoms with Crippen LogP contribution in [0.15, 0.2) is 11.1 Å². The fraction of sp³-hybridized carbons (Fsp3) is 0.429. The molecule has 0 amide bonds. The third-order valence-electron chi connectivity index (χ3n) is 4.04. The van der Waals surface area contributed by atoms with Crippen LogP contribution >= 0.6 is 21.5 Å². The van der Waals surface area contributed by atoms with E-state index in [-0.39, 0.29) is 42.4 Å². The van der Waals surface area contributed by atoms with Gasteiger partial charge in [0.2, 0.25) is 0 Å². The Morgan fingerprint density at radius 1 is 1.10 bits per heavy atom. The SMILES string of the molecule is CCSc1c(-c2nc3cc(C(F)(F)C(F)(F)F)nnc3n2C)n[c]([Zn][Cl])n1C.[Cl-].[Li+]. The number of thioether (sulfide) groups is 1. The van der Waals surface area contributed by atoms with E-state index in [0.717, 1.165) is 15.2 Å². The number of aromatic nitrogens is 6. The van der Waals surface area contributed by atoms with E-state index < -0.39 is 33.9 Å². The molecular weight excluding hydrogens is 522 g/mol. The number of alkyl halides is 5. The largest absolute Gasteiger partial charge is 1.00 e. The number of fused-ring (bicyclic) bond motifs is 1. The molecule has 0 radical (unpaired) electrons. The number of nitrogens with zero attached hydrogens (tertiary/aromatic N) is 6. The van der Waals surface area contributed by atoms with E-state index >= 15 is 0 Å². The summed E-state index contributed by atoms with van der Waals surface area (Å²) in [5.74, 6) is -4.09. The Labute approximate surface area is 202 Å². The summed E-state index contributed by atoms with van der Waals surface area (Å²) in [5, 5.41) is 7.42. The Balaban J connectivity index is 0.00000225. The minimum absolute atomic E-state index is 0. The van der Waals surface area contributed by atoms with Crippen molar-refractivity contribution in [1.29, 1.82) is 0 Å².